The number of nitrogens with zero attached hydrogens (tertiary/aromatic N) is 1. The van der Waals surface area contributed by atoms with Crippen LogP contribution in [-0.4, -0.2) is 47.3 Å². The number of benzene rings is 1. The molecule has 0 radical (unpaired) electrons. The van der Waals surface area contributed by atoms with Gasteiger partial charge in [0.25, 0.3) is 5.91 Å². The number of rotatable bonds is 8. The monoisotopic (exact) mass is 428 g/mol. The van der Waals surface area contributed by atoms with Crippen molar-refractivity contribution in [3.05, 3.63) is 35.4 Å². The van der Waals surface area contributed by atoms with Crippen molar-refractivity contribution in [3.8, 4) is 0 Å². The molecule has 1 heterocycles. The molecule has 1 aliphatic heterocycles. The van der Waals surface area contributed by atoms with Gasteiger partial charge in [-0.2, -0.15) is 13.2 Å². The van der Waals surface area contributed by atoms with Crippen molar-refractivity contribution in [2.45, 2.75) is 90.2 Å². The molecule has 1 saturated heterocycles. The van der Waals surface area contributed by atoms with Crippen LogP contribution in [0.3, 0.4) is 0 Å². The van der Waals surface area contributed by atoms with Crippen molar-refractivity contribution in [1.82, 2.24) is 10.2 Å². The molecule has 0 unspecified atom stereocenters. The molecule has 170 valence electrons. The van der Waals surface area contributed by atoms with Gasteiger partial charge in [0.1, 0.15) is 6.61 Å². The predicted octanol–water partition coefficient (Wildman–Crippen LogP) is 5.32. The van der Waals surface area contributed by atoms with E-state index in [0.29, 0.717) is 17.7 Å². The van der Waals surface area contributed by atoms with E-state index in [9.17, 15) is 18.0 Å². The summed E-state index contributed by atoms with van der Waals surface area (Å²) < 4.78 is 41.4. The number of alkyl halides is 3. The van der Waals surface area contributed by atoms with E-state index in [1.54, 1.807) is 24.3 Å². The zero-order valence-electron chi connectivity index (χ0n) is 18.7. The summed E-state index contributed by atoms with van der Waals surface area (Å²) in [7, 11) is 0. The first-order valence-electron chi connectivity index (χ1n) is 10.7. The molecule has 0 bridgehead atoms. The summed E-state index contributed by atoms with van der Waals surface area (Å²) in [6, 6.07) is 6.83. The number of hydrogen-bond acceptors (Lipinski definition) is 3. The predicted molar refractivity (Wildman–Crippen MR) is 112 cm³/mol. The van der Waals surface area contributed by atoms with Crippen molar-refractivity contribution >= 4 is 5.91 Å². The first-order chi connectivity index (χ1) is 13.8. The minimum absolute atomic E-state index is 0.0234. The van der Waals surface area contributed by atoms with E-state index in [1.807, 2.05) is 4.90 Å². The molecule has 1 aromatic rings. The molecule has 2 rings (SSSR count). The number of halogens is 3. The van der Waals surface area contributed by atoms with Gasteiger partial charge in [0.15, 0.2) is 0 Å². The van der Waals surface area contributed by atoms with Crippen LogP contribution in [0.25, 0.3) is 0 Å². The minimum Gasteiger partial charge on any atom is -0.367 e. The number of ether oxygens (including phenoxy) is 1. The van der Waals surface area contributed by atoms with Crippen LogP contribution in [0.5, 0.6) is 0 Å². The molecule has 4 nitrogen and oxygen atoms in total. The topological polar surface area (TPSA) is 41.6 Å². The Hall–Kier alpha value is -1.60. The average Bonchev–Trinajstić information content (AvgIpc) is 2.58. The van der Waals surface area contributed by atoms with Crippen LogP contribution in [0, 0.1) is 0 Å². The maximum absolute atomic E-state index is 13.4. The van der Waals surface area contributed by atoms with Crippen molar-refractivity contribution in [3.63, 3.8) is 0 Å². The third-order valence-electron chi connectivity index (χ3n) is 5.36. The van der Waals surface area contributed by atoms with Crippen LogP contribution < -0.4 is 5.32 Å². The smallest absolute Gasteiger partial charge is 0.367 e. The Labute approximate surface area is 178 Å². The van der Waals surface area contributed by atoms with E-state index in [1.165, 1.54) is 0 Å². The molecule has 1 amide bonds. The van der Waals surface area contributed by atoms with Gasteiger partial charge in [-0.05, 0) is 64.7 Å². The first-order valence-corrected chi connectivity index (χ1v) is 10.7. The van der Waals surface area contributed by atoms with Gasteiger partial charge in [-0.3, -0.25) is 4.79 Å². The maximum atomic E-state index is 13.4. The van der Waals surface area contributed by atoms with Crippen molar-refractivity contribution in [2.24, 2.45) is 0 Å². The summed E-state index contributed by atoms with van der Waals surface area (Å²) in [4.78, 5) is 15.3. The molecule has 0 saturated carbocycles. The standard InChI is InChI=1S/C23H35F3N2O2/c1-6-7-12-28(19-13-21(2,3)27-22(4,5)14-19)20(29)18-10-8-17(9-11-18)15-30-16-23(24,25)26/h8-11,19,27H,6-7,12-16H2,1-5H3. The van der Waals surface area contributed by atoms with Crippen LogP contribution in [0.4, 0.5) is 13.2 Å². The number of unbranched alkanes of at least 4 members (excludes halogenated alkanes) is 1. The Bertz CT molecular complexity index is 683. The fourth-order valence-corrected chi connectivity index (χ4v) is 4.46. The largest absolute Gasteiger partial charge is 0.411 e. The number of carbonyl (C=O) groups is 1. The Morgan fingerprint density at radius 3 is 2.20 bits per heavy atom. The zero-order valence-corrected chi connectivity index (χ0v) is 18.7. The van der Waals surface area contributed by atoms with Crippen molar-refractivity contribution < 1.29 is 22.7 Å². The first kappa shape index (κ1) is 24.7. The Kier molecular flexibility index (Phi) is 7.97. The Morgan fingerprint density at radius 2 is 1.70 bits per heavy atom. The number of amides is 1. The van der Waals surface area contributed by atoms with Gasteiger partial charge >= 0.3 is 6.18 Å². The third kappa shape index (κ3) is 7.58. The fourth-order valence-electron chi connectivity index (χ4n) is 4.46. The molecule has 0 spiro atoms. The molecule has 1 aliphatic rings. The van der Waals surface area contributed by atoms with Gasteiger partial charge in [0.05, 0.1) is 6.61 Å². The lowest BCUT2D eigenvalue weighted by Crippen LogP contribution is -2.62. The molecule has 1 fully saturated rings. The van der Waals surface area contributed by atoms with Gasteiger partial charge in [-0.25, -0.2) is 0 Å². The Morgan fingerprint density at radius 1 is 1.13 bits per heavy atom. The minimum atomic E-state index is -4.34. The van der Waals surface area contributed by atoms with E-state index >= 15 is 0 Å². The fraction of sp³-hybridized carbons (Fsp3) is 0.696. The molecule has 0 aromatic heterocycles. The lowest BCUT2D eigenvalue weighted by atomic mass is 9.78. The van der Waals surface area contributed by atoms with Gasteiger partial charge in [-0.15, -0.1) is 0 Å². The van der Waals surface area contributed by atoms with Gasteiger partial charge in [0.2, 0.25) is 0 Å². The highest BCUT2D eigenvalue weighted by Gasteiger charge is 2.41. The number of nitrogens with one attached hydrogen (secondary N) is 1. The third-order valence-corrected chi connectivity index (χ3v) is 5.36. The van der Waals surface area contributed by atoms with Crippen molar-refractivity contribution in [1.29, 1.82) is 0 Å². The van der Waals surface area contributed by atoms with Crippen LogP contribution in [0.1, 0.15) is 76.2 Å². The number of hydrogen-bond donors (Lipinski definition) is 1. The summed E-state index contributed by atoms with van der Waals surface area (Å²) >= 11 is 0. The summed E-state index contributed by atoms with van der Waals surface area (Å²) in [5.41, 5.74) is 1.02. The quantitative estimate of drug-likeness (QED) is 0.610. The highest BCUT2D eigenvalue weighted by atomic mass is 19.4. The molecule has 0 atom stereocenters. The number of piperidine rings is 1. The molecule has 30 heavy (non-hydrogen) atoms. The second kappa shape index (κ2) is 9.69. The molecular formula is C23H35F3N2O2. The zero-order chi connectivity index (χ0) is 22.6. The summed E-state index contributed by atoms with van der Waals surface area (Å²) in [5.74, 6) is -0.0234. The van der Waals surface area contributed by atoms with Crippen LogP contribution >= 0.6 is 0 Å². The highest BCUT2D eigenvalue weighted by Crippen LogP contribution is 2.32. The van der Waals surface area contributed by atoms with Gasteiger partial charge in [-0.1, -0.05) is 25.5 Å². The van der Waals surface area contributed by atoms with E-state index in [4.69, 9.17) is 4.74 Å². The molecule has 0 aliphatic carbocycles. The van der Waals surface area contributed by atoms with E-state index in [0.717, 1.165) is 25.7 Å². The van der Waals surface area contributed by atoms with E-state index < -0.39 is 12.8 Å². The SMILES string of the molecule is CCCCN(C(=O)c1ccc(COCC(F)(F)F)cc1)C1CC(C)(C)NC(C)(C)C1. The maximum Gasteiger partial charge on any atom is 0.411 e. The van der Waals surface area contributed by atoms with Crippen LogP contribution in [0.2, 0.25) is 0 Å². The highest BCUT2D eigenvalue weighted by molar-refractivity contribution is 5.94. The van der Waals surface area contributed by atoms with E-state index in [2.05, 4.69) is 39.9 Å². The van der Waals surface area contributed by atoms with Crippen molar-refractivity contribution in [2.75, 3.05) is 13.2 Å². The van der Waals surface area contributed by atoms with E-state index in [-0.39, 0.29) is 29.6 Å². The Balaban J connectivity index is 2.12. The summed E-state index contributed by atoms with van der Waals surface area (Å²) in [6.45, 7) is 10.1. The van der Waals surface area contributed by atoms with Crippen LogP contribution in [0.15, 0.2) is 24.3 Å². The van der Waals surface area contributed by atoms with Gasteiger partial charge in [0, 0.05) is 29.2 Å². The second-order valence-electron chi connectivity index (χ2n) is 9.61. The second-order valence-corrected chi connectivity index (χ2v) is 9.61. The lowest BCUT2D eigenvalue weighted by Gasteiger charge is -2.49. The molecule has 1 aromatic carbocycles. The molecular weight excluding hydrogens is 393 g/mol. The van der Waals surface area contributed by atoms with Gasteiger partial charge < -0.3 is 15.0 Å². The molecule has 1 N–H and O–H groups in total. The normalized spacial score (nSPS) is 18.9. The average molecular weight is 429 g/mol. The summed E-state index contributed by atoms with van der Waals surface area (Å²) in [6.07, 6.45) is -0.673. The molecule has 7 heteroatoms. The summed E-state index contributed by atoms with van der Waals surface area (Å²) in [5, 5.41) is 3.66. The van der Waals surface area contributed by atoms with Crippen LogP contribution in [-0.2, 0) is 11.3 Å². The lowest BCUT2D eigenvalue weighted by molar-refractivity contribution is -0.176. The number of carbonyl (C=O) groups excluding carboxylic acids is 1.